The van der Waals surface area contributed by atoms with Gasteiger partial charge in [0, 0.05) is 12.6 Å². The van der Waals surface area contributed by atoms with Gasteiger partial charge < -0.3 is 15.2 Å². The van der Waals surface area contributed by atoms with Gasteiger partial charge in [-0.1, -0.05) is 36.4 Å². The molecule has 0 aliphatic rings. The molecule has 0 aromatic heterocycles. The van der Waals surface area contributed by atoms with Crippen LogP contribution < -0.4 is 10.1 Å². The molecular weight excluding hydrogens is 262 g/mol. The van der Waals surface area contributed by atoms with Crippen molar-refractivity contribution in [3.05, 3.63) is 65.2 Å². The maximum absolute atomic E-state index is 9.59. The van der Waals surface area contributed by atoms with Crippen molar-refractivity contribution >= 4 is 0 Å². The number of benzene rings is 2. The van der Waals surface area contributed by atoms with Crippen LogP contribution in [0.25, 0.3) is 0 Å². The first-order valence-electron chi connectivity index (χ1n) is 7.24. The maximum atomic E-state index is 9.59. The molecule has 2 rings (SSSR count). The van der Waals surface area contributed by atoms with Gasteiger partial charge in [-0.25, -0.2) is 0 Å². The Labute approximate surface area is 126 Å². The molecule has 0 aliphatic carbocycles. The van der Waals surface area contributed by atoms with Crippen molar-refractivity contribution < 1.29 is 9.84 Å². The Morgan fingerprint density at radius 3 is 2.57 bits per heavy atom. The van der Waals surface area contributed by atoms with E-state index in [-0.39, 0.29) is 12.6 Å². The highest BCUT2D eigenvalue weighted by atomic mass is 16.5. The van der Waals surface area contributed by atoms with Crippen molar-refractivity contribution in [1.29, 1.82) is 0 Å². The lowest BCUT2D eigenvalue weighted by atomic mass is 10.0. The topological polar surface area (TPSA) is 41.5 Å². The number of nitrogens with one attached hydrogen (secondary N) is 1. The van der Waals surface area contributed by atoms with Gasteiger partial charge in [-0.3, -0.25) is 0 Å². The minimum Gasteiger partial charge on any atom is -0.497 e. The highest BCUT2D eigenvalue weighted by Crippen LogP contribution is 2.18. The van der Waals surface area contributed by atoms with Gasteiger partial charge in [-0.2, -0.15) is 0 Å². The highest BCUT2D eigenvalue weighted by Gasteiger charge is 2.10. The standard InChI is InChI=1S/C18H23NO2/c1-14-8-9-18(21-2)11-16(14)10-17(13-20)19-12-15-6-4-3-5-7-15/h3-9,11,17,19-20H,10,12-13H2,1-2H3. The zero-order valence-corrected chi connectivity index (χ0v) is 12.7. The largest absolute Gasteiger partial charge is 0.497 e. The first-order valence-corrected chi connectivity index (χ1v) is 7.24. The summed E-state index contributed by atoms with van der Waals surface area (Å²) in [5, 5.41) is 13.0. The molecule has 2 aromatic rings. The first-order chi connectivity index (χ1) is 10.2. The summed E-state index contributed by atoms with van der Waals surface area (Å²) in [6, 6.07) is 16.3. The van der Waals surface area contributed by atoms with Gasteiger partial charge in [0.1, 0.15) is 5.75 Å². The number of hydrogen-bond donors (Lipinski definition) is 2. The average molecular weight is 285 g/mol. The van der Waals surface area contributed by atoms with Crippen LogP contribution in [0.1, 0.15) is 16.7 Å². The average Bonchev–Trinajstić information content (AvgIpc) is 2.54. The van der Waals surface area contributed by atoms with E-state index in [0.717, 1.165) is 18.7 Å². The van der Waals surface area contributed by atoms with Crippen LogP contribution in [-0.2, 0) is 13.0 Å². The molecule has 1 unspecified atom stereocenters. The molecule has 1 atom stereocenters. The number of aliphatic hydroxyl groups is 1. The third-order valence-electron chi connectivity index (χ3n) is 3.68. The molecular formula is C18H23NO2. The van der Waals surface area contributed by atoms with Crippen LogP contribution in [0.4, 0.5) is 0 Å². The summed E-state index contributed by atoms with van der Waals surface area (Å²) in [4.78, 5) is 0. The molecule has 2 N–H and O–H groups in total. The number of aliphatic hydroxyl groups excluding tert-OH is 1. The fourth-order valence-electron chi connectivity index (χ4n) is 2.32. The van der Waals surface area contributed by atoms with Crippen molar-refractivity contribution in [1.82, 2.24) is 5.32 Å². The highest BCUT2D eigenvalue weighted by molar-refractivity contribution is 5.35. The lowest BCUT2D eigenvalue weighted by Gasteiger charge is -2.18. The Hall–Kier alpha value is -1.84. The molecule has 3 nitrogen and oxygen atoms in total. The number of rotatable bonds is 7. The SMILES string of the molecule is COc1ccc(C)c(CC(CO)NCc2ccccc2)c1. The molecule has 0 aliphatic heterocycles. The smallest absolute Gasteiger partial charge is 0.119 e. The molecule has 0 saturated heterocycles. The summed E-state index contributed by atoms with van der Waals surface area (Å²) < 4.78 is 5.27. The monoisotopic (exact) mass is 285 g/mol. The summed E-state index contributed by atoms with van der Waals surface area (Å²) in [6.07, 6.45) is 0.784. The normalized spacial score (nSPS) is 12.1. The first kappa shape index (κ1) is 15.5. The van der Waals surface area contributed by atoms with Crippen LogP contribution in [-0.4, -0.2) is 24.9 Å². The second-order valence-corrected chi connectivity index (χ2v) is 5.24. The fourth-order valence-corrected chi connectivity index (χ4v) is 2.32. The summed E-state index contributed by atoms with van der Waals surface area (Å²) in [7, 11) is 1.67. The third-order valence-corrected chi connectivity index (χ3v) is 3.68. The Morgan fingerprint density at radius 2 is 1.90 bits per heavy atom. The molecule has 0 radical (unpaired) electrons. The van der Waals surface area contributed by atoms with E-state index in [1.54, 1.807) is 7.11 Å². The van der Waals surface area contributed by atoms with Crippen LogP contribution in [0.3, 0.4) is 0 Å². The molecule has 3 heteroatoms. The second kappa shape index (κ2) is 7.81. The van der Waals surface area contributed by atoms with E-state index in [4.69, 9.17) is 4.74 Å². The summed E-state index contributed by atoms with van der Waals surface area (Å²) in [5.41, 5.74) is 3.64. The van der Waals surface area contributed by atoms with Gasteiger partial charge in [0.25, 0.3) is 0 Å². The van der Waals surface area contributed by atoms with Gasteiger partial charge in [0.05, 0.1) is 13.7 Å². The van der Waals surface area contributed by atoms with Crippen molar-refractivity contribution in [2.75, 3.05) is 13.7 Å². The number of aryl methyl sites for hydroxylation is 1. The van der Waals surface area contributed by atoms with E-state index >= 15 is 0 Å². The molecule has 112 valence electrons. The molecule has 0 amide bonds. The molecule has 0 saturated carbocycles. The second-order valence-electron chi connectivity index (χ2n) is 5.24. The van der Waals surface area contributed by atoms with Crippen molar-refractivity contribution in [2.45, 2.75) is 25.9 Å². The van der Waals surface area contributed by atoms with Crippen molar-refractivity contribution in [3.8, 4) is 5.75 Å². The number of ether oxygens (including phenoxy) is 1. The van der Waals surface area contributed by atoms with E-state index in [1.165, 1.54) is 16.7 Å². The predicted molar refractivity (Wildman–Crippen MR) is 85.6 cm³/mol. The molecule has 0 bridgehead atoms. The third kappa shape index (κ3) is 4.59. The van der Waals surface area contributed by atoms with Gasteiger partial charge in [0.15, 0.2) is 0 Å². The lowest BCUT2D eigenvalue weighted by molar-refractivity contribution is 0.240. The van der Waals surface area contributed by atoms with E-state index in [9.17, 15) is 5.11 Å². The Kier molecular flexibility index (Phi) is 5.78. The maximum Gasteiger partial charge on any atom is 0.119 e. The Balaban J connectivity index is 1.99. The van der Waals surface area contributed by atoms with Crippen LogP contribution in [0, 0.1) is 6.92 Å². The summed E-state index contributed by atoms with van der Waals surface area (Å²) in [5.74, 6) is 0.857. The minimum absolute atomic E-state index is 0.0380. The van der Waals surface area contributed by atoms with Crippen LogP contribution in [0.2, 0.25) is 0 Å². The molecule has 0 spiro atoms. The van der Waals surface area contributed by atoms with E-state index in [2.05, 4.69) is 30.4 Å². The zero-order valence-electron chi connectivity index (χ0n) is 12.7. The van der Waals surface area contributed by atoms with E-state index < -0.39 is 0 Å². The summed E-state index contributed by atoms with van der Waals surface area (Å²) in [6.45, 7) is 2.96. The molecule has 0 fully saturated rings. The van der Waals surface area contributed by atoms with Gasteiger partial charge in [-0.05, 0) is 42.2 Å². The van der Waals surface area contributed by atoms with Crippen LogP contribution in [0.15, 0.2) is 48.5 Å². The minimum atomic E-state index is 0.0380. The van der Waals surface area contributed by atoms with Crippen molar-refractivity contribution in [3.63, 3.8) is 0 Å². The fraction of sp³-hybridized carbons (Fsp3) is 0.333. The van der Waals surface area contributed by atoms with E-state index in [1.807, 2.05) is 30.3 Å². The Morgan fingerprint density at radius 1 is 1.14 bits per heavy atom. The number of hydrogen-bond acceptors (Lipinski definition) is 3. The molecule has 21 heavy (non-hydrogen) atoms. The molecule has 0 heterocycles. The van der Waals surface area contributed by atoms with Crippen LogP contribution >= 0.6 is 0 Å². The lowest BCUT2D eigenvalue weighted by Crippen LogP contribution is -2.34. The van der Waals surface area contributed by atoms with Gasteiger partial charge in [0.2, 0.25) is 0 Å². The Bertz CT molecular complexity index is 554. The zero-order chi connectivity index (χ0) is 15.1. The summed E-state index contributed by atoms with van der Waals surface area (Å²) >= 11 is 0. The predicted octanol–water partition coefficient (Wildman–Crippen LogP) is 2.70. The van der Waals surface area contributed by atoms with Gasteiger partial charge in [-0.15, -0.1) is 0 Å². The molecule has 2 aromatic carbocycles. The number of methoxy groups -OCH3 is 1. The van der Waals surface area contributed by atoms with Gasteiger partial charge >= 0.3 is 0 Å². The quantitative estimate of drug-likeness (QED) is 0.822. The van der Waals surface area contributed by atoms with E-state index in [0.29, 0.717) is 0 Å². The van der Waals surface area contributed by atoms with Crippen molar-refractivity contribution in [2.24, 2.45) is 0 Å². The van der Waals surface area contributed by atoms with Crippen LogP contribution in [0.5, 0.6) is 5.75 Å².